The van der Waals surface area contributed by atoms with E-state index in [0.29, 0.717) is 0 Å². The zero-order valence-corrected chi connectivity index (χ0v) is 12.4. The van der Waals surface area contributed by atoms with Gasteiger partial charge in [0.05, 0.1) is 23.1 Å². The molecule has 1 aromatic carbocycles. The van der Waals surface area contributed by atoms with Crippen molar-refractivity contribution < 1.29 is 17.7 Å². The first kappa shape index (κ1) is 15.8. The van der Waals surface area contributed by atoms with Crippen LogP contribution in [0.1, 0.15) is 33.3 Å². The molecule has 1 atom stereocenters. The lowest BCUT2D eigenvalue weighted by Crippen LogP contribution is -2.21. The van der Waals surface area contributed by atoms with E-state index in [1.807, 2.05) is 0 Å². The van der Waals surface area contributed by atoms with Gasteiger partial charge in [-0.15, -0.1) is 0 Å². The van der Waals surface area contributed by atoms with Crippen LogP contribution in [0.25, 0.3) is 0 Å². The predicted octanol–water partition coefficient (Wildman–Crippen LogP) is 3.24. The SMILES string of the molecule is COc1c(F)ccc(F)c1C(C)=N[S@@](=O)C(C)(C)C. The van der Waals surface area contributed by atoms with Gasteiger partial charge in [-0.1, -0.05) is 0 Å². The zero-order valence-electron chi connectivity index (χ0n) is 11.6. The monoisotopic (exact) mass is 289 g/mol. The number of rotatable bonds is 3. The molecule has 0 fully saturated rings. The Bertz CT molecular complexity index is 536. The fourth-order valence-electron chi connectivity index (χ4n) is 1.38. The van der Waals surface area contributed by atoms with Gasteiger partial charge in [0.1, 0.15) is 16.8 Å². The van der Waals surface area contributed by atoms with E-state index < -0.39 is 27.4 Å². The molecule has 6 heteroatoms. The molecule has 0 radical (unpaired) electrons. The van der Waals surface area contributed by atoms with Crippen LogP contribution >= 0.6 is 0 Å². The molecular formula is C13H17F2NO2S. The third kappa shape index (κ3) is 3.59. The molecule has 0 aliphatic heterocycles. The summed E-state index contributed by atoms with van der Waals surface area (Å²) < 4.78 is 47.4. The maximum absolute atomic E-state index is 13.8. The Balaban J connectivity index is 3.34. The Morgan fingerprint density at radius 3 is 2.26 bits per heavy atom. The van der Waals surface area contributed by atoms with E-state index in [0.717, 1.165) is 12.1 Å². The summed E-state index contributed by atoms with van der Waals surface area (Å²) in [6.07, 6.45) is 0. The van der Waals surface area contributed by atoms with E-state index in [1.54, 1.807) is 20.8 Å². The lowest BCUT2D eigenvalue weighted by molar-refractivity contribution is 0.381. The molecule has 0 saturated carbocycles. The van der Waals surface area contributed by atoms with Crippen LogP contribution < -0.4 is 4.74 Å². The molecule has 1 rings (SSSR count). The number of hydrogen-bond donors (Lipinski definition) is 0. The average Bonchev–Trinajstić information content (AvgIpc) is 2.30. The number of methoxy groups -OCH3 is 1. The molecule has 0 N–H and O–H groups in total. The highest BCUT2D eigenvalue weighted by molar-refractivity contribution is 7.85. The van der Waals surface area contributed by atoms with Crippen LogP contribution in [-0.2, 0) is 11.0 Å². The average molecular weight is 289 g/mol. The minimum Gasteiger partial charge on any atom is -0.493 e. The van der Waals surface area contributed by atoms with Crippen LogP contribution in [0.2, 0.25) is 0 Å². The highest BCUT2D eigenvalue weighted by atomic mass is 32.2. The molecule has 0 saturated heterocycles. The Labute approximate surface area is 114 Å². The molecule has 0 heterocycles. The first-order valence-electron chi connectivity index (χ1n) is 5.68. The highest BCUT2D eigenvalue weighted by Gasteiger charge is 2.22. The first-order chi connectivity index (χ1) is 8.68. The van der Waals surface area contributed by atoms with Crippen LogP contribution in [-0.4, -0.2) is 21.8 Å². The van der Waals surface area contributed by atoms with Crippen molar-refractivity contribution >= 4 is 16.7 Å². The third-order valence-electron chi connectivity index (χ3n) is 2.37. The Hall–Kier alpha value is -1.30. The minimum absolute atomic E-state index is 0.0971. The zero-order chi connectivity index (χ0) is 14.8. The van der Waals surface area contributed by atoms with Crippen molar-refractivity contribution in [2.24, 2.45) is 4.40 Å². The van der Waals surface area contributed by atoms with E-state index >= 15 is 0 Å². The summed E-state index contributed by atoms with van der Waals surface area (Å²) in [5.74, 6) is -1.58. The van der Waals surface area contributed by atoms with Crippen LogP contribution in [0.4, 0.5) is 8.78 Å². The summed E-state index contributed by atoms with van der Waals surface area (Å²) in [7, 11) is -0.304. The molecule has 0 aliphatic rings. The first-order valence-corrected chi connectivity index (χ1v) is 6.78. The van der Waals surface area contributed by atoms with Gasteiger partial charge in [-0.05, 0) is 39.8 Å². The van der Waals surface area contributed by atoms with Crippen molar-refractivity contribution in [2.45, 2.75) is 32.4 Å². The van der Waals surface area contributed by atoms with Gasteiger partial charge in [0.25, 0.3) is 0 Å². The van der Waals surface area contributed by atoms with Crippen molar-refractivity contribution in [3.8, 4) is 5.75 Å². The molecular weight excluding hydrogens is 272 g/mol. The molecule has 19 heavy (non-hydrogen) atoms. The highest BCUT2D eigenvalue weighted by Crippen LogP contribution is 2.26. The van der Waals surface area contributed by atoms with Crippen molar-refractivity contribution in [3.05, 3.63) is 29.3 Å². The van der Waals surface area contributed by atoms with Crippen LogP contribution in [0, 0.1) is 11.6 Å². The normalized spacial score (nSPS) is 14.4. The Kier molecular flexibility index (Phi) is 4.79. The number of ether oxygens (including phenoxy) is 1. The van der Waals surface area contributed by atoms with Gasteiger partial charge in [-0.25, -0.2) is 13.0 Å². The van der Waals surface area contributed by atoms with Gasteiger partial charge in [-0.2, -0.15) is 4.40 Å². The second-order valence-corrected chi connectivity index (χ2v) is 6.88. The minimum atomic E-state index is -1.55. The smallest absolute Gasteiger partial charge is 0.166 e. The van der Waals surface area contributed by atoms with Crippen LogP contribution in [0.15, 0.2) is 16.5 Å². The fraction of sp³-hybridized carbons (Fsp3) is 0.462. The lowest BCUT2D eigenvalue weighted by atomic mass is 10.1. The molecule has 3 nitrogen and oxygen atoms in total. The Morgan fingerprint density at radius 2 is 1.79 bits per heavy atom. The van der Waals surface area contributed by atoms with E-state index in [4.69, 9.17) is 4.74 Å². The molecule has 1 aromatic rings. The van der Waals surface area contributed by atoms with Crippen molar-refractivity contribution in [1.29, 1.82) is 0 Å². The molecule has 0 aromatic heterocycles. The molecule has 0 unspecified atom stereocenters. The number of nitrogens with zero attached hydrogens (tertiary/aromatic N) is 1. The fourth-order valence-corrected chi connectivity index (χ4v) is 1.99. The van der Waals surface area contributed by atoms with Gasteiger partial charge < -0.3 is 4.74 Å². The quantitative estimate of drug-likeness (QED) is 0.801. The standard InChI is InChI=1S/C13H17F2NO2S/c1-8(16-19(17)13(2,3)4)11-9(14)6-7-10(15)12(11)18-5/h6-7H,1-5H3/t19-/m0/s1. The summed E-state index contributed by atoms with van der Waals surface area (Å²) in [4.78, 5) is 0. The second-order valence-electron chi connectivity index (χ2n) is 4.98. The largest absolute Gasteiger partial charge is 0.493 e. The number of benzene rings is 1. The summed E-state index contributed by atoms with van der Waals surface area (Å²) >= 11 is 0. The van der Waals surface area contributed by atoms with Crippen LogP contribution in [0.3, 0.4) is 0 Å². The predicted molar refractivity (Wildman–Crippen MR) is 73.0 cm³/mol. The summed E-state index contributed by atoms with van der Waals surface area (Å²) in [6.45, 7) is 6.72. The maximum atomic E-state index is 13.8. The second kappa shape index (κ2) is 5.77. The molecule has 106 valence electrons. The third-order valence-corrected chi connectivity index (χ3v) is 3.86. The number of halogens is 2. The van der Waals surface area contributed by atoms with Crippen LogP contribution in [0.5, 0.6) is 5.75 Å². The van der Waals surface area contributed by atoms with Crippen molar-refractivity contribution in [1.82, 2.24) is 0 Å². The van der Waals surface area contributed by atoms with Gasteiger partial charge in [-0.3, -0.25) is 0 Å². The van der Waals surface area contributed by atoms with E-state index in [2.05, 4.69) is 4.40 Å². The van der Waals surface area contributed by atoms with Gasteiger partial charge >= 0.3 is 0 Å². The maximum Gasteiger partial charge on any atom is 0.166 e. The molecule has 0 amide bonds. The summed E-state index contributed by atoms with van der Waals surface area (Å²) in [5.41, 5.74) is 0.0437. The van der Waals surface area contributed by atoms with E-state index in [9.17, 15) is 13.0 Å². The van der Waals surface area contributed by atoms with E-state index in [-0.39, 0.29) is 17.0 Å². The topological polar surface area (TPSA) is 38.7 Å². The van der Waals surface area contributed by atoms with Crippen molar-refractivity contribution in [2.75, 3.05) is 7.11 Å². The molecule has 0 aliphatic carbocycles. The summed E-state index contributed by atoms with van der Waals surface area (Å²) in [5, 5.41) is 0. The van der Waals surface area contributed by atoms with Gasteiger partial charge in [0, 0.05) is 0 Å². The van der Waals surface area contributed by atoms with Gasteiger partial charge in [0.15, 0.2) is 11.6 Å². The number of hydrogen-bond acceptors (Lipinski definition) is 2. The van der Waals surface area contributed by atoms with Gasteiger partial charge in [0.2, 0.25) is 0 Å². The summed E-state index contributed by atoms with van der Waals surface area (Å²) in [6, 6.07) is 1.97. The van der Waals surface area contributed by atoms with E-state index in [1.165, 1.54) is 14.0 Å². The lowest BCUT2D eigenvalue weighted by Gasteiger charge is -2.15. The van der Waals surface area contributed by atoms with Crippen molar-refractivity contribution in [3.63, 3.8) is 0 Å². The molecule has 0 spiro atoms. The Morgan fingerprint density at radius 1 is 1.26 bits per heavy atom. The molecule has 0 bridgehead atoms.